The number of carboxylic acid groups (broad SMARTS) is 1. The first-order valence-electron chi connectivity index (χ1n) is 4.90. The number of rotatable bonds is 4. The van der Waals surface area contributed by atoms with Crippen molar-refractivity contribution in [2.75, 3.05) is 6.79 Å². The standard InChI is InChI=1S/C11H12O5/c1-7(11(12)13)14-5-8-2-3-9-10(4-8)16-6-15-9/h2-4,7H,5-6H2,1H3,(H,12,13). The molecule has 0 amide bonds. The van der Waals surface area contributed by atoms with Crippen molar-refractivity contribution < 1.29 is 24.1 Å². The minimum Gasteiger partial charge on any atom is -0.479 e. The van der Waals surface area contributed by atoms with Crippen LogP contribution in [0.15, 0.2) is 18.2 Å². The van der Waals surface area contributed by atoms with Crippen molar-refractivity contribution in [3.8, 4) is 11.5 Å². The molecule has 1 aromatic carbocycles. The van der Waals surface area contributed by atoms with E-state index in [4.69, 9.17) is 19.3 Å². The summed E-state index contributed by atoms with van der Waals surface area (Å²) >= 11 is 0. The molecule has 0 saturated carbocycles. The lowest BCUT2D eigenvalue weighted by Crippen LogP contribution is -2.19. The van der Waals surface area contributed by atoms with Crippen molar-refractivity contribution in [3.05, 3.63) is 23.8 Å². The van der Waals surface area contributed by atoms with Gasteiger partial charge in [0.25, 0.3) is 0 Å². The van der Waals surface area contributed by atoms with E-state index in [1.165, 1.54) is 6.92 Å². The molecule has 5 heteroatoms. The number of hydrogen-bond donors (Lipinski definition) is 1. The van der Waals surface area contributed by atoms with Crippen molar-refractivity contribution in [1.82, 2.24) is 0 Å². The smallest absolute Gasteiger partial charge is 0.332 e. The van der Waals surface area contributed by atoms with Gasteiger partial charge in [0, 0.05) is 0 Å². The normalized spacial score (nSPS) is 14.8. The zero-order valence-electron chi connectivity index (χ0n) is 8.80. The largest absolute Gasteiger partial charge is 0.479 e. The fourth-order valence-electron chi connectivity index (χ4n) is 1.32. The van der Waals surface area contributed by atoms with Gasteiger partial charge in [0.1, 0.15) is 0 Å². The molecule has 1 aromatic rings. The van der Waals surface area contributed by atoms with Crippen LogP contribution in [0.1, 0.15) is 12.5 Å². The molecule has 0 spiro atoms. The Balaban J connectivity index is 1.98. The van der Waals surface area contributed by atoms with Gasteiger partial charge in [-0.2, -0.15) is 0 Å². The van der Waals surface area contributed by atoms with Crippen LogP contribution in [0, 0.1) is 0 Å². The molecule has 0 fully saturated rings. The summed E-state index contributed by atoms with van der Waals surface area (Å²) in [4.78, 5) is 10.5. The molecule has 5 nitrogen and oxygen atoms in total. The third-order valence-electron chi connectivity index (χ3n) is 2.28. The molecule has 1 atom stereocenters. The van der Waals surface area contributed by atoms with E-state index < -0.39 is 12.1 Å². The molecule has 1 heterocycles. The maximum absolute atomic E-state index is 10.5. The first-order valence-corrected chi connectivity index (χ1v) is 4.90. The van der Waals surface area contributed by atoms with Gasteiger partial charge in [-0.05, 0) is 24.6 Å². The van der Waals surface area contributed by atoms with Crippen molar-refractivity contribution in [2.24, 2.45) is 0 Å². The van der Waals surface area contributed by atoms with E-state index in [0.29, 0.717) is 11.5 Å². The maximum Gasteiger partial charge on any atom is 0.332 e. The topological polar surface area (TPSA) is 65.0 Å². The fraction of sp³-hybridized carbons (Fsp3) is 0.364. The van der Waals surface area contributed by atoms with Crippen molar-refractivity contribution in [2.45, 2.75) is 19.6 Å². The molecule has 1 N–H and O–H groups in total. The highest BCUT2D eigenvalue weighted by atomic mass is 16.7. The quantitative estimate of drug-likeness (QED) is 0.837. The monoisotopic (exact) mass is 224 g/mol. The van der Waals surface area contributed by atoms with Crippen LogP contribution < -0.4 is 9.47 Å². The predicted octanol–water partition coefficient (Wildman–Crippen LogP) is 1.41. The first kappa shape index (κ1) is 10.8. The van der Waals surface area contributed by atoms with Crippen LogP contribution in [-0.4, -0.2) is 24.0 Å². The second-order valence-electron chi connectivity index (χ2n) is 3.48. The van der Waals surface area contributed by atoms with Gasteiger partial charge < -0.3 is 19.3 Å². The van der Waals surface area contributed by atoms with Crippen LogP contribution in [-0.2, 0) is 16.1 Å². The van der Waals surface area contributed by atoms with Crippen LogP contribution in [0.25, 0.3) is 0 Å². The number of ether oxygens (including phenoxy) is 3. The SMILES string of the molecule is CC(OCc1ccc2c(c1)OCO2)C(=O)O. The molecular formula is C11H12O5. The predicted molar refractivity (Wildman–Crippen MR) is 54.5 cm³/mol. The van der Waals surface area contributed by atoms with E-state index in [9.17, 15) is 4.79 Å². The van der Waals surface area contributed by atoms with Crippen LogP contribution in [0.3, 0.4) is 0 Å². The van der Waals surface area contributed by atoms with E-state index in [1.54, 1.807) is 12.1 Å². The highest BCUT2D eigenvalue weighted by molar-refractivity contribution is 5.71. The lowest BCUT2D eigenvalue weighted by Gasteiger charge is -2.08. The highest BCUT2D eigenvalue weighted by Gasteiger charge is 2.15. The summed E-state index contributed by atoms with van der Waals surface area (Å²) < 4.78 is 15.5. The van der Waals surface area contributed by atoms with Gasteiger partial charge in [0.15, 0.2) is 17.6 Å². The summed E-state index contributed by atoms with van der Waals surface area (Å²) in [5.74, 6) is 0.403. The van der Waals surface area contributed by atoms with E-state index in [0.717, 1.165) is 5.56 Å². The summed E-state index contributed by atoms with van der Waals surface area (Å²) in [6.45, 7) is 1.96. The molecule has 0 saturated heterocycles. The molecule has 0 aromatic heterocycles. The molecule has 2 rings (SSSR count). The zero-order valence-corrected chi connectivity index (χ0v) is 8.80. The number of carbonyl (C=O) groups is 1. The van der Waals surface area contributed by atoms with Crippen LogP contribution in [0.4, 0.5) is 0 Å². The second-order valence-corrected chi connectivity index (χ2v) is 3.48. The summed E-state index contributed by atoms with van der Waals surface area (Å²) in [6, 6.07) is 5.39. The zero-order chi connectivity index (χ0) is 11.5. The Kier molecular flexibility index (Phi) is 2.96. The second kappa shape index (κ2) is 4.40. The average molecular weight is 224 g/mol. The number of carboxylic acids is 1. The molecule has 1 unspecified atom stereocenters. The van der Waals surface area contributed by atoms with E-state index in [2.05, 4.69) is 0 Å². The summed E-state index contributed by atoms with van der Waals surface area (Å²) in [5.41, 5.74) is 0.859. The number of aliphatic carboxylic acids is 1. The number of fused-ring (bicyclic) bond motifs is 1. The molecule has 1 aliphatic heterocycles. The molecule has 0 aliphatic carbocycles. The lowest BCUT2D eigenvalue weighted by atomic mass is 10.2. The van der Waals surface area contributed by atoms with Gasteiger partial charge >= 0.3 is 5.97 Å². The molecule has 86 valence electrons. The van der Waals surface area contributed by atoms with Crippen molar-refractivity contribution >= 4 is 5.97 Å². The maximum atomic E-state index is 10.5. The van der Waals surface area contributed by atoms with Gasteiger partial charge in [-0.25, -0.2) is 4.79 Å². The average Bonchev–Trinajstić information content (AvgIpc) is 2.72. The van der Waals surface area contributed by atoms with E-state index in [1.807, 2.05) is 6.07 Å². The Morgan fingerprint density at radius 1 is 1.50 bits per heavy atom. The van der Waals surface area contributed by atoms with Crippen molar-refractivity contribution in [1.29, 1.82) is 0 Å². The summed E-state index contributed by atoms with van der Waals surface area (Å²) in [5, 5.41) is 8.65. The van der Waals surface area contributed by atoms with Gasteiger partial charge in [-0.15, -0.1) is 0 Å². The minimum absolute atomic E-state index is 0.227. The number of hydrogen-bond acceptors (Lipinski definition) is 4. The first-order chi connectivity index (χ1) is 7.66. The van der Waals surface area contributed by atoms with E-state index in [-0.39, 0.29) is 13.4 Å². The van der Waals surface area contributed by atoms with Gasteiger partial charge in [0.05, 0.1) is 6.61 Å². The lowest BCUT2D eigenvalue weighted by molar-refractivity contribution is -0.149. The van der Waals surface area contributed by atoms with Crippen LogP contribution in [0.5, 0.6) is 11.5 Å². The Hall–Kier alpha value is -1.75. The molecular weight excluding hydrogens is 212 g/mol. The Morgan fingerprint density at radius 3 is 3.00 bits per heavy atom. The Morgan fingerprint density at radius 2 is 2.25 bits per heavy atom. The molecule has 0 radical (unpaired) electrons. The molecule has 16 heavy (non-hydrogen) atoms. The number of benzene rings is 1. The summed E-state index contributed by atoms with van der Waals surface area (Å²) in [6.07, 6.45) is -0.814. The van der Waals surface area contributed by atoms with Gasteiger partial charge in [0.2, 0.25) is 6.79 Å². The van der Waals surface area contributed by atoms with Gasteiger partial charge in [-0.1, -0.05) is 6.07 Å². The highest BCUT2D eigenvalue weighted by Crippen LogP contribution is 2.32. The molecule has 1 aliphatic rings. The fourth-order valence-corrected chi connectivity index (χ4v) is 1.32. The van der Waals surface area contributed by atoms with Gasteiger partial charge in [-0.3, -0.25) is 0 Å². The van der Waals surface area contributed by atoms with Crippen LogP contribution >= 0.6 is 0 Å². The summed E-state index contributed by atoms with van der Waals surface area (Å²) in [7, 11) is 0. The van der Waals surface area contributed by atoms with Crippen LogP contribution in [0.2, 0.25) is 0 Å². The van der Waals surface area contributed by atoms with E-state index >= 15 is 0 Å². The van der Waals surface area contributed by atoms with Crippen molar-refractivity contribution in [3.63, 3.8) is 0 Å². The minimum atomic E-state index is -0.972. The third-order valence-corrected chi connectivity index (χ3v) is 2.28. The molecule has 0 bridgehead atoms. The third kappa shape index (κ3) is 2.25. The Labute approximate surface area is 92.5 Å². The Bertz CT molecular complexity index is 401.